The number of rotatable bonds is 1. The molecule has 4 heteroatoms. The lowest BCUT2D eigenvalue weighted by Gasteiger charge is -2.14. The number of nitrogens with zero attached hydrogens (tertiary/aromatic N) is 1. The summed E-state index contributed by atoms with van der Waals surface area (Å²) < 4.78 is 0. The predicted molar refractivity (Wildman–Crippen MR) is 55.7 cm³/mol. The molecule has 1 aliphatic rings. The summed E-state index contributed by atoms with van der Waals surface area (Å²) in [6.45, 7) is 0.489. The third-order valence-electron chi connectivity index (χ3n) is 2.43. The molecule has 0 bridgehead atoms. The predicted octanol–water partition coefficient (Wildman–Crippen LogP) is 1.75. The number of aliphatic hydroxyl groups is 2. The number of benzene rings is 1. The van der Waals surface area contributed by atoms with E-state index in [9.17, 15) is 4.79 Å². The Morgan fingerprint density at radius 3 is 2.40 bits per heavy atom. The molecule has 0 aromatic heterocycles. The molecule has 0 atom stereocenters. The summed E-state index contributed by atoms with van der Waals surface area (Å²) in [5.74, 6) is -1.19. The second-order valence-corrected chi connectivity index (χ2v) is 3.34. The molecule has 1 fully saturated rings. The van der Waals surface area contributed by atoms with Gasteiger partial charge in [-0.3, -0.25) is 4.79 Å². The maximum absolute atomic E-state index is 11.7. The van der Waals surface area contributed by atoms with Crippen LogP contribution in [-0.4, -0.2) is 22.7 Å². The molecular formula is C11H11NO3. The lowest BCUT2D eigenvalue weighted by atomic mass is 10.2. The first kappa shape index (κ1) is 9.58. The first-order valence-corrected chi connectivity index (χ1v) is 4.68. The van der Waals surface area contributed by atoms with Gasteiger partial charge in [0.2, 0.25) is 0 Å². The van der Waals surface area contributed by atoms with E-state index in [2.05, 4.69) is 0 Å². The number of para-hydroxylation sites is 1. The van der Waals surface area contributed by atoms with Crippen LogP contribution in [0.2, 0.25) is 0 Å². The SMILES string of the molecule is O=C1C(=C(O)O)CCN1c1ccccc1. The average molecular weight is 205 g/mol. The van der Waals surface area contributed by atoms with Gasteiger partial charge in [0, 0.05) is 18.7 Å². The number of carbonyl (C=O) groups is 1. The smallest absolute Gasteiger partial charge is 0.283 e. The number of carbonyl (C=O) groups excluding carboxylic acids is 1. The Kier molecular flexibility index (Phi) is 2.33. The average Bonchev–Trinajstić information content (AvgIpc) is 2.61. The molecule has 1 aromatic carbocycles. The molecular weight excluding hydrogens is 194 g/mol. The Hall–Kier alpha value is -1.97. The van der Waals surface area contributed by atoms with Crippen molar-refractivity contribution in [3.63, 3.8) is 0 Å². The van der Waals surface area contributed by atoms with Crippen molar-refractivity contribution >= 4 is 11.6 Å². The Bertz CT molecular complexity index is 407. The van der Waals surface area contributed by atoms with E-state index in [4.69, 9.17) is 10.2 Å². The molecule has 1 saturated heterocycles. The number of amides is 1. The van der Waals surface area contributed by atoms with Gasteiger partial charge in [-0.2, -0.15) is 0 Å². The monoisotopic (exact) mass is 205 g/mol. The quantitative estimate of drug-likeness (QED) is 0.542. The van der Waals surface area contributed by atoms with E-state index in [0.717, 1.165) is 5.69 Å². The minimum atomic E-state index is -0.863. The van der Waals surface area contributed by atoms with Gasteiger partial charge in [-0.15, -0.1) is 0 Å². The molecule has 0 saturated carbocycles. The van der Waals surface area contributed by atoms with Crippen molar-refractivity contribution in [3.8, 4) is 0 Å². The fourth-order valence-electron chi connectivity index (χ4n) is 1.66. The third-order valence-corrected chi connectivity index (χ3v) is 2.43. The van der Waals surface area contributed by atoms with Gasteiger partial charge in [-0.1, -0.05) is 18.2 Å². The highest BCUT2D eigenvalue weighted by Gasteiger charge is 2.30. The van der Waals surface area contributed by atoms with Gasteiger partial charge in [0.15, 0.2) is 0 Å². The highest BCUT2D eigenvalue weighted by molar-refractivity contribution is 6.08. The van der Waals surface area contributed by atoms with Crippen molar-refractivity contribution in [2.75, 3.05) is 11.4 Å². The summed E-state index contributed by atoms with van der Waals surface area (Å²) in [7, 11) is 0. The molecule has 78 valence electrons. The molecule has 1 aromatic rings. The minimum absolute atomic E-state index is 0.0823. The van der Waals surface area contributed by atoms with Crippen molar-refractivity contribution in [3.05, 3.63) is 41.9 Å². The van der Waals surface area contributed by atoms with E-state index in [0.29, 0.717) is 13.0 Å². The maximum atomic E-state index is 11.7. The lowest BCUT2D eigenvalue weighted by molar-refractivity contribution is -0.114. The molecule has 1 amide bonds. The van der Waals surface area contributed by atoms with Crippen LogP contribution >= 0.6 is 0 Å². The van der Waals surface area contributed by atoms with Gasteiger partial charge in [-0.25, -0.2) is 0 Å². The van der Waals surface area contributed by atoms with Gasteiger partial charge in [-0.05, 0) is 12.1 Å². The molecule has 4 nitrogen and oxygen atoms in total. The van der Waals surface area contributed by atoms with Gasteiger partial charge in [0.05, 0.1) is 5.57 Å². The van der Waals surface area contributed by atoms with Crippen LogP contribution in [0.1, 0.15) is 6.42 Å². The van der Waals surface area contributed by atoms with E-state index >= 15 is 0 Å². The largest absolute Gasteiger partial charge is 0.481 e. The Morgan fingerprint density at radius 1 is 1.20 bits per heavy atom. The second kappa shape index (κ2) is 3.65. The topological polar surface area (TPSA) is 60.8 Å². The van der Waals surface area contributed by atoms with Gasteiger partial charge in [0.1, 0.15) is 0 Å². The van der Waals surface area contributed by atoms with Gasteiger partial charge < -0.3 is 15.1 Å². The molecule has 2 rings (SSSR count). The standard InChI is InChI=1S/C11H11NO3/c13-10-9(11(14)15)6-7-12(10)8-4-2-1-3-5-8/h1-5,14-15H,6-7H2. The van der Waals surface area contributed by atoms with E-state index in [1.165, 1.54) is 4.90 Å². The molecule has 0 radical (unpaired) electrons. The Balaban J connectivity index is 2.29. The van der Waals surface area contributed by atoms with Crippen molar-refractivity contribution in [1.82, 2.24) is 0 Å². The lowest BCUT2D eigenvalue weighted by Crippen LogP contribution is -2.24. The van der Waals surface area contributed by atoms with Crippen LogP contribution < -0.4 is 4.90 Å². The molecule has 0 aliphatic carbocycles. The summed E-state index contributed by atoms with van der Waals surface area (Å²) in [5, 5.41) is 17.7. The normalized spacial score (nSPS) is 15.9. The molecule has 0 unspecified atom stereocenters. The van der Waals surface area contributed by atoms with E-state index in [1.807, 2.05) is 30.3 Å². The number of anilines is 1. The van der Waals surface area contributed by atoms with Crippen LogP contribution in [0, 0.1) is 0 Å². The number of hydrogen-bond donors (Lipinski definition) is 2. The highest BCUT2D eigenvalue weighted by Crippen LogP contribution is 2.25. The number of hydrogen-bond acceptors (Lipinski definition) is 3. The van der Waals surface area contributed by atoms with Gasteiger partial charge >= 0.3 is 0 Å². The van der Waals surface area contributed by atoms with Crippen LogP contribution in [0.3, 0.4) is 0 Å². The number of aliphatic hydroxyl groups excluding tert-OH is 1. The van der Waals surface area contributed by atoms with Gasteiger partial charge in [0.25, 0.3) is 11.9 Å². The summed E-state index contributed by atoms with van der Waals surface area (Å²) in [6, 6.07) is 9.17. The summed E-state index contributed by atoms with van der Waals surface area (Å²) in [6.07, 6.45) is 0.371. The van der Waals surface area contributed by atoms with Crippen LogP contribution in [-0.2, 0) is 4.79 Å². The molecule has 2 N–H and O–H groups in total. The molecule has 1 heterocycles. The van der Waals surface area contributed by atoms with E-state index < -0.39 is 5.95 Å². The van der Waals surface area contributed by atoms with Crippen LogP contribution in [0.4, 0.5) is 5.69 Å². The molecule has 1 aliphatic heterocycles. The zero-order valence-electron chi connectivity index (χ0n) is 8.05. The van der Waals surface area contributed by atoms with Crippen molar-refractivity contribution < 1.29 is 15.0 Å². The summed E-state index contributed by atoms with van der Waals surface area (Å²) >= 11 is 0. The third kappa shape index (κ3) is 1.66. The Morgan fingerprint density at radius 2 is 1.87 bits per heavy atom. The fraction of sp³-hybridized carbons (Fsp3) is 0.182. The van der Waals surface area contributed by atoms with Crippen LogP contribution in [0.5, 0.6) is 0 Å². The minimum Gasteiger partial charge on any atom is -0.481 e. The first-order valence-electron chi connectivity index (χ1n) is 4.68. The van der Waals surface area contributed by atoms with Crippen molar-refractivity contribution in [2.45, 2.75) is 6.42 Å². The fourth-order valence-corrected chi connectivity index (χ4v) is 1.66. The molecule has 15 heavy (non-hydrogen) atoms. The highest BCUT2D eigenvalue weighted by atomic mass is 16.5. The Labute approximate surface area is 87.1 Å². The van der Waals surface area contributed by atoms with Crippen LogP contribution in [0.15, 0.2) is 41.9 Å². The maximum Gasteiger partial charge on any atom is 0.283 e. The second-order valence-electron chi connectivity index (χ2n) is 3.34. The zero-order valence-corrected chi connectivity index (χ0v) is 8.05. The van der Waals surface area contributed by atoms with E-state index in [-0.39, 0.29) is 11.5 Å². The van der Waals surface area contributed by atoms with E-state index in [1.54, 1.807) is 0 Å². The summed E-state index contributed by atoms with van der Waals surface area (Å²) in [4.78, 5) is 13.2. The zero-order chi connectivity index (χ0) is 10.8. The molecule has 0 spiro atoms. The first-order chi connectivity index (χ1) is 7.20. The summed E-state index contributed by atoms with van der Waals surface area (Å²) in [5.41, 5.74) is 0.859. The van der Waals surface area contributed by atoms with Crippen molar-refractivity contribution in [1.29, 1.82) is 0 Å². The van der Waals surface area contributed by atoms with Crippen LogP contribution in [0.25, 0.3) is 0 Å². The van der Waals surface area contributed by atoms with Crippen molar-refractivity contribution in [2.24, 2.45) is 0 Å².